The van der Waals surface area contributed by atoms with E-state index in [2.05, 4.69) is 10.0 Å². The highest BCUT2D eigenvalue weighted by Gasteiger charge is 2.29. The van der Waals surface area contributed by atoms with Gasteiger partial charge in [0.05, 0.1) is 0 Å². The Hall–Kier alpha value is -1.42. The number of piperidine rings is 1. The molecule has 0 bridgehead atoms. The zero-order valence-corrected chi connectivity index (χ0v) is 10.7. The second-order valence-corrected chi connectivity index (χ2v) is 5.24. The largest absolute Gasteiger partial charge is 0.444 e. The van der Waals surface area contributed by atoms with Gasteiger partial charge in [-0.15, -0.1) is 0 Å². The van der Waals surface area contributed by atoms with Crippen molar-refractivity contribution in [2.45, 2.75) is 51.7 Å². The second kappa shape index (κ2) is 5.77. The summed E-state index contributed by atoms with van der Waals surface area (Å²) in [5.74, 6) is 0. The highest BCUT2D eigenvalue weighted by atomic mass is 16.6. The summed E-state index contributed by atoms with van der Waals surface area (Å²) in [6.07, 6.45) is 2.60. The Labute approximate surface area is 110 Å². The van der Waals surface area contributed by atoms with Gasteiger partial charge in [0.2, 0.25) is 0 Å². The van der Waals surface area contributed by atoms with E-state index in [0.29, 0.717) is 13.1 Å². The molecule has 1 aliphatic rings. The highest BCUT2D eigenvalue weighted by molar-refractivity contribution is 5.68. The molecule has 0 aromatic carbocycles. The van der Waals surface area contributed by atoms with Crippen molar-refractivity contribution in [1.82, 2.24) is 4.90 Å². The normalized spacial score (nSPS) is 20.6. The zero-order valence-electron chi connectivity index (χ0n) is 10.7. The molecular weight excluding hydrogens is 220 g/mol. The first-order valence-electron chi connectivity index (χ1n) is 5.94. The molecule has 0 aromatic rings. The van der Waals surface area contributed by atoms with Crippen molar-refractivity contribution >= 4 is 6.09 Å². The molecule has 1 rings (SSSR count). The van der Waals surface area contributed by atoms with E-state index in [0.717, 1.165) is 19.3 Å². The predicted octanol–water partition coefficient (Wildman–Crippen LogP) is 4.56. The van der Waals surface area contributed by atoms with Gasteiger partial charge in [-0.3, -0.25) is 0 Å². The van der Waals surface area contributed by atoms with E-state index in [-0.39, 0.29) is 20.7 Å². The molecule has 0 aliphatic carbocycles. The van der Waals surface area contributed by atoms with Crippen LogP contribution in [0, 0.1) is 0 Å². The summed E-state index contributed by atoms with van der Waals surface area (Å²) >= 11 is 0. The van der Waals surface area contributed by atoms with Crippen LogP contribution >= 0.6 is 0 Å². The molecular formula is C11H32N4O2. The summed E-state index contributed by atoms with van der Waals surface area (Å²) in [6, 6.07) is -0.0190. The molecule has 0 unspecified atom stereocenters. The van der Waals surface area contributed by atoms with Crippen LogP contribution < -0.4 is 0 Å². The highest BCUT2D eigenvalue weighted by Crippen LogP contribution is 2.20. The molecule has 6 nitrogen and oxygen atoms in total. The molecule has 6 heteroatoms. The van der Waals surface area contributed by atoms with Crippen LogP contribution in [0.1, 0.15) is 48.6 Å². The fraction of sp³-hybridized carbons (Fsp3) is 0.909. The summed E-state index contributed by atoms with van der Waals surface area (Å²) in [7, 11) is 0. The van der Waals surface area contributed by atoms with Crippen LogP contribution in [0.5, 0.6) is 0 Å². The van der Waals surface area contributed by atoms with E-state index in [4.69, 9.17) is 10.3 Å². The number of carbonyl (C=O) groups excluding carboxylic acids is 1. The Bertz CT molecular complexity index is 337. The van der Waals surface area contributed by atoms with Gasteiger partial charge in [0.25, 0.3) is 0 Å². The summed E-state index contributed by atoms with van der Waals surface area (Å²) in [5.41, 5.74) is 7.84. The van der Waals surface area contributed by atoms with E-state index in [1.165, 1.54) is 0 Å². The molecule has 17 heavy (non-hydrogen) atoms. The van der Waals surface area contributed by atoms with E-state index < -0.39 is 5.60 Å². The van der Waals surface area contributed by atoms with Crippen LogP contribution in [0.4, 0.5) is 4.79 Å². The lowest BCUT2D eigenvalue weighted by atomic mass is 10.0. The Kier molecular flexibility index (Phi) is 4.63. The van der Waals surface area contributed by atoms with Gasteiger partial charge in [0.15, 0.2) is 0 Å². The molecule has 1 atom stereocenters. The van der Waals surface area contributed by atoms with Crippen molar-refractivity contribution in [2.24, 2.45) is 5.11 Å². The number of azide groups is 1. The quantitative estimate of drug-likeness (QED) is 0.410. The van der Waals surface area contributed by atoms with Crippen LogP contribution in [-0.4, -0.2) is 35.7 Å². The van der Waals surface area contributed by atoms with E-state index in [1.807, 2.05) is 20.8 Å². The lowest BCUT2D eigenvalue weighted by molar-refractivity contribution is 0.0109. The van der Waals surface area contributed by atoms with Gasteiger partial charge >= 0.3 is 6.09 Å². The molecule has 0 saturated carbocycles. The van der Waals surface area contributed by atoms with Crippen molar-refractivity contribution < 1.29 is 18.1 Å². The van der Waals surface area contributed by atoms with Crippen molar-refractivity contribution in [2.75, 3.05) is 13.1 Å². The molecule has 0 aromatic heterocycles. The molecule has 0 radical (unpaired) electrons. The maximum Gasteiger partial charge on any atom is 0.410 e. The number of hydrogen-bond donors (Lipinski definition) is 0. The molecule has 1 heterocycles. The van der Waals surface area contributed by atoms with Crippen LogP contribution in [0.3, 0.4) is 0 Å². The number of hydrogen-bond acceptors (Lipinski definition) is 3. The molecule has 108 valence electrons. The Morgan fingerprint density at radius 3 is 2.88 bits per heavy atom. The number of ether oxygens (including phenoxy) is 1. The Balaban J connectivity index is -0.000000120. The SMILES string of the molecule is CC(C)(C)OC(=O)N1CCCC[C@@H]1CN=[N+]=[N-].[HH].[HH].[HH].[HH].[HH].[HH]. The monoisotopic (exact) mass is 252 g/mol. The summed E-state index contributed by atoms with van der Waals surface area (Å²) < 4.78 is 5.34. The van der Waals surface area contributed by atoms with Gasteiger partial charge in [-0.25, -0.2) is 4.79 Å². The standard InChI is InChI=1S/C11H20N4O2.6H2/c1-11(2,3)17-10(16)15-7-5-4-6-9(15)8-13-14-12;;;;;;/h9H,4-8H2,1-3H3;6*1H/t9-;;;;;;/m1....../s1. The summed E-state index contributed by atoms with van der Waals surface area (Å²) in [5, 5.41) is 3.56. The van der Waals surface area contributed by atoms with Gasteiger partial charge in [-0.05, 0) is 45.6 Å². The smallest absolute Gasteiger partial charge is 0.410 e. The topological polar surface area (TPSA) is 78.3 Å². The Morgan fingerprint density at radius 1 is 1.59 bits per heavy atom. The fourth-order valence-corrected chi connectivity index (χ4v) is 1.88. The fourth-order valence-electron chi connectivity index (χ4n) is 1.88. The van der Waals surface area contributed by atoms with Crippen molar-refractivity contribution in [3.8, 4) is 0 Å². The average Bonchev–Trinajstić information content (AvgIpc) is 2.24. The number of rotatable bonds is 2. The first-order chi connectivity index (χ1) is 7.94. The zero-order chi connectivity index (χ0) is 12.9. The van der Waals surface area contributed by atoms with Crippen LogP contribution in [0.15, 0.2) is 5.11 Å². The maximum atomic E-state index is 12.0. The Morgan fingerprint density at radius 2 is 2.29 bits per heavy atom. The summed E-state index contributed by atoms with van der Waals surface area (Å²) in [6.45, 7) is 6.54. The maximum absolute atomic E-state index is 12.0. The van der Waals surface area contributed by atoms with Crippen LogP contribution in [0.2, 0.25) is 0 Å². The third kappa shape index (κ3) is 4.53. The number of likely N-dealkylation sites (tertiary alicyclic amines) is 1. The molecule has 0 spiro atoms. The van der Waals surface area contributed by atoms with Crippen LogP contribution in [0.25, 0.3) is 10.4 Å². The molecule has 1 saturated heterocycles. The van der Waals surface area contributed by atoms with Gasteiger partial charge in [-0.2, -0.15) is 0 Å². The minimum absolute atomic E-state index is 0. The second-order valence-electron chi connectivity index (χ2n) is 5.24. The van der Waals surface area contributed by atoms with E-state index in [9.17, 15) is 4.79 Å². The number of amides is 1. The number of carbonyl (C=O) groups is 1. The lowest BCUT2D eigenvalue weighted by Gasteiger charge is -2.36. The average molecular weight is 252 g/mol. The first-order valence-corrected chi connectivity index (χ1v) is 5.94. The van der Waals surface area contributed by atoms with E-state index in [1.54, 1.807) is 4.90 Å². The molecule has 0 N–H and O–H groups in total. The molecule has 1 fully saturated rings. The van der Waals surface area contributed by atoms with Crippen molar-refractivity contribution in [1.29, 1.82) is 0 Å². The third-order valence-corrected chi connectivity index (χ3v) is 2.61. The van der Waals surface area contributed by atoms with E-state index >= 15 is 0 Å². The van der Waals surface area contributed by atoms with Gasteiger partial charge < -0.3 is 9.64 Å². The lowest BCUT2D eigenvalue weighted by Crippen LogP contribution is -2.47. The van der Waals surface area contributed by atoms with Gasteiger partial charge in [0, 0.05) is 32.6 Å². The minimum atomic E-state index is -0.489. The third-order valence-electron chi connectivity index (χ3n) is 2.61. The van der Waals surface area contributed by atoms with Crippen molar-refractivity contribution in [3.63, 3.8) is 0 Å². The predicted molar refractivity (Wildman–Crippen MR) is 77.3 cm³/mol. The minimum Gasteiger partial charge on any atom is -0.444 e. The van der Waals surface area contributed by atoms with Crippen LogP contribution in [-0.2, 0) is 4.74 Å². The van der Waals surface area contributed by atoms with Gasteiger partial charge in [0.1, 0.15) is 5.60 Å². The van der Waals surface area contributed by atoms with Gasteiger partial charge in [-0.1, -0.05) is 5.11 Å². The molecule has 1 aliphatic heterocycles. The molecule has 1 amide bonds. The van der Waals surface area contributed by atoms with Crippen molar-refractivity contribution in [3.05, 3.63) is 10.4 Å². The number of nitrogens with zero attached hydrogens (tertiary/aromatic N) is 4. The first kappa shape index (κ1) is 13.6. The summed E-state index contributed by atoms with van der Waals surface area (Å²) in [4.78, 5) is 16.4.